The van der Waals surface area contributed by atoms with Gasteiger partial charge in [-0.25, -0.2) is 8.42 Å². The van der Waals surface area contributed by atoms with Crippen molar-refractivity contribution in [2.45, 2.75) is 48.8 Å². The number of hydrogen-bond acceptors (Lipinski definition) is 9. The molecule has 0 spiro atoms. The summed E-state index contributed by atoms with van der Waals surface area (Å²) in [6.45, 7) is -0.417. The fourth-order valence-corrected chi connectivity index (χ4v) is 7.30. The number of nitrogens with zero attached hydrogens (tertiary/aromatic N) is 3. The van der Waals surface area contributed by atoms with Gasteiger partial charge in [-0.1, -0.05) is 6.07 Å². The van der Waals surface area contributed by atoms with Crippen LogP contribution in [-0.4, -0.2) is 54.8 Å². The number of aromatic nitrogens is 1. The second-order valence-corrected chi connectivity index (χ2v) is 12.8. The molecule has 5 rings (SSSR count). The lowest BCUT2D eigenvalue weighted by atomic mass is 9.83. The van der Waals surface area contributed by atoms with Crippen molar-refractivity contribution in [1.29, 1.82) is 0 Å². The molecule has 1 aliphatic heterocycles. The van der Waals surface area contributed by atoms with Gasteiger partial charge >= 0.3 is 18.1 Å². The lowest BCUT2D eigenvalue weighted by Crippen LogP contribution is -2.46. The number of piperidine rings is 1. The van der Waals surface area contributed by atoms with Crippen molar-refractivity contribution >= 4 is 27.6 Å². The van der Waals surface area contributed by atoms with E-state index in [1.54, 1.807) is 6.07 Å². The molecule has 1 saturated heterocycles. The number of carbonyl (C=O) groups is 2. The highest BCUT2D eigenvalue weighted by molar-refractivity contribution is 7.89. The lowest BCUT2D eigenvalue weighted by Gasteiger charge is -2.36. The van der Waals surface area contributed by atoms with Gasteiger partial charge in [-0.05, 0) is 72.4 Å². The van der Waals surface area contributed by atoms with Crippen molar-refractivity contribution in [2.75, 3.05) is 20.2 Å². The lowest BCUT2D eigenvalue weighted by molar-refractivity contribution is -0.384. The molecule has 0 saturated carbocycles. The summed E-state index contributed by atoms with van der Waals surface area (Å²) in [6.07, 6.45) is -2.84. The number of nitro benzene ring substituents is 1. The topological polar surface area (TPSA) is 146 Å². The van der Waals surface area contributed by atoms with Crippen LogP contribution in [0.1, 0.15) is 52.6 Å². The van der Waals surface area contributed by atoms with Crippen LogP contribution in [0.15, 0.2) is 65.7 Å². The molecule has 1 aromatic heterocycles. The van der Waals surface area contributed by atoms with Gasteiger partial charge in [-0.2, -0.15) is 17.5 Å². The van der Waals surface area contributed by atoms with Gasteiger partial charge in [0.1, 0.15) is 6.61 Å². The molecule has 2 heterocycles. The monoisotopic (exact) mass is 647 g/mol. The Hall–Kier alpha value is -4.37. The van der Waals surface area contributed by atoms with Gasteiger partial charge in [0.05, 0.1) is 34.3 Å². The molecule has 1 aliphatic carbocycles. The Balaban J connectivity index is 1.32. The van der Waals surface area contributed by atoms with E-state index >= 15 is 0 Å². The summed E-state index contributed by atoms with van der Waals surface area (Å²) in [5.41, 5.74) is 1.05. The fraction of sp³-hybridized carbons (Fsp3) is 0.367. The Labute approximate surface area is 256 Å². The second kappa shape index (κ2) is 12.6. The molecular formula is C30H28F3N3O8S. The number of methoxy groups -OCH3 is 1. The first kappa shape index (κ1) is 32.0. The summed E-state index contributed by atoms with van der Waals surface area (Å²) in [5, 5.41) is 10.9. The molecule has 1 fully saturated rings. The quantitative estimate of drug-likeness (QED) is 0.192. The molecule has 3 atom stereocenters. The number of nitro groups is 1. The van der Waals surface area contributed by atoms with Crippen molar-refractivity contribution in [2.24, 2.45) is 5.92 Å². The molecule has 11 nitrogen and oxygen atoms in total. The number of aryl methyl sites for hydroxylation is 1. The maximum Gasteiger partial charge on any atom is 0.417 e. The molecule has 2 aromatic carbocycles. The number of carbonyl (C=O) groups excluding carboxylic acids is 2. The van der Waals surface area contributed by atoms with Crippen LogP contribution in [0.3, 0.4) is 0 Å². The molecule has 2 unspecified atom stereocenters. The number of ether oxygens (including phenoxy) is 2. The number of benzene rings is 2. The van der Waals surface area contributed by atoms with Crippen molar-refractivity contribution in [1.82, 2.24) is 9.29 Å². The van der Waals surface area contributed by atoms with Crippen LogP contribution in [0.2, 0.25) is 0 Å². The highest BCUT2D eigenvalue weighted by Gasteiger charge is 2.42. The molecule has 0 radical (unpaired) electrons. The van der Waals surface area contributed by atoms with E-state index in [9.17, 15) is 41.3 Å². The van der Waals surface area contributed by atoms with Crippen LogP contribution in [0.25, 0.3) is 0 Å². The molecule has 15 heteroatoms. The summed E-state index contributed by atoms with van der Waals surface area (Å²) in [6, 6.07) is 12.2. The number of pyridine rings is 1. The summed E-state index contributed by atoms with van der Waals surface area (Å²) < 4.78 is 78.1. The highest BCUT2D eigenvalue weighted by Crippen LogP contribution is 2.39. The van der Waals surface area contributed by atoms with E-state index in [1.807, 2.05) is 0 Å². The normalized spacial score (nSPS) is 20.3. The minimum Gasteiger partial charge on any atom is -0.469 e. The van der Waals surface area contributed by atoms with Crippen molar-refractivity contribution in [3.63, 3.8) is 0 Å². The number of alkyl halides is 3. The fourth-order valence-electron chi connectivity index (χ4n) is 5.78. The van der Waals surface area contributed by atoms with Crippen LogP contribution in [0.4, 0.5) is 18.9 Å². The third kappa shape index (κ3) is 6.68. The SMILES string of the molecule is COC(=O)[C@H]1CN(S(=O)(=O)c2ccc3c(c2)C(C(=O)OCc2ccc([N+](=O)[O-])cc2)CC3)CCC1c1ccc(C(F)(F)F)cn1. The average Bonchev–Trinajstić information content (AvgIpc) is 3.46. The van der Waals surface area contributed by atoms with Crippen molar-refractivity contribution < 1.29 is 45.6 Å². The van der Waals surface area contributed by atoms with Crippen LogP contribution >= 0.6 is 0 Å². The Morgan fingerprint density at radius 2 is 1.80 bits per heavy atom. The molecule has 0 N–H and O–H groups in total. The first-order chi connectivity index (χ1) is 21.3. The minimum atomic E-state index is -4.58. The predicted octanol–water partition coefficient (Wildman–Crippen LogP) is 4.75. The minimum absolute atomic E-state index is 0.0268. The van der Waals surface area contributed by atoms with E-state index in [2.05, 4.69) is 4.98 Å². The molecule has 45 heavy (non-hydrogen) atoms. The van der Waals surface area contributed by atoms with Gasteiger partial charge in [0.15, 0.2) is 0 Å². The molecule has 3 aromatic rings. The van der Waals surface area contributed by atoms with Crippen LogP contribution < -0.4 is 0 Å². The molecule has 238 valence electrons. The largest absolute Gasteiger partial charge is 0.469 e. The zero-order valence-corrected chi connectivity index (χ0v) is 24.7. The summed E-state index contributed by atoms with van der Waals surface area (Å²) in [4.78, 5) is 39.9. The maximum absolute atomic E-state index is 13.8. The molecule has 2 aliphatic rings. The van der Waals surface area contributed by atoms with Crippen LogP contribution in [0, 0.1) is 16.0 Å². The Bertz CT molecular complexity index is 1710. The molecular weight excluding hydrogens is 619 g/mol. The Morgan fingerprint density at radius 1 is 1.07 bits per heavy atom. The maximum atomic E-state index is 13.8. The standard InChI is InChI=1S/C30H28F3N3O8S/c1-43-28(37)26-16-35(13-12-23(26)27-11-6-20(15-34-27)30(31,32)33)45(41,42)22-9-4-19-5-10-24(25(19)14-22)29(38)44-17-18-2-7-21(8-3-18)36(39)40/h2-4,6-9,11,14-15,23-24,26H,5,10,12-13,16-17H2,1H3/t23?,24?,26-/m0/s1. The Morgan fingerprint density at radius 3 is 2.42 bits per heavy atom. The average molecular weight is 648 g/mol. The zero-order chi connectivity index (χ0) is 32.5. The number of sulfonamides is 1. The number of esters is 2. The number of rotatable bonds is 8. The summed E-state index contributed by atoms with van der Waals surface area (Å²) in [5.74, 6) is -3.67. The smallest absolute Gasteiger partial charge is 0.417 e. The number of halogens is 3. The zero-order valence-electron chi connectivity index (χ0n) is 23.9. The van der Waals surface area contributed by atoms with Gasteiger partial charge in [0, 0.05) is 43.0 Å². The third-order valence-corrected chi connectivity index (χ3v) is 10.1. The number of hydrogen-bond donors (Lipinski definition) is 0. The molecule has 0 bridgehead atoms. The molecule has 0 amide bonds. The number of fused-ring (bicyclic) bond motifs is 1. The van der Waals surface area contributed by atoms with E-state index in [0.717, 1.165) is 23.0 Å². The first-order valence-electron chi connectivity index (χ1n) is 13.9. The number of non-ortho nitro benzene ring substituents is 1. The van der Waals surface area contributed by atoms with Gasteiger partial charge in [-0.15, -0.1) is 0 Å². The van der Waals surface area contributed by atoms with Crippen LogP contribution in [-0.2, 0) is 48.3 Å². The van der Waals surface area contributed by atoms with E-state index < -0.39 is 56.4 Å². The van der Waals surface area contributed by atoms with E-state index in [-0.39, 0.29) is 42.4 Å². The van der Waals surface area contributed by atoms with Crippen LogP contribution in [0.5, 0.6) is 0 Å². The van der Waals surface area contributed by atoms with Crippen molar-refractivity contribution in [3.8, 4) is 0 Å². The van der Waals surface area contributed by atoms with E-state index in [0.29, 0.717) is 30.2 Å². The first-order valence-corrected chi connectivity index (χ1v) is 15.4. The predicted molar refractivity (Wildman–Crippen MR) is 151 cm³/mol. The third-order valence-electron chi connectivity index (χ3n) is 8.22. The summed E-state index contributed by atoms with van der Waals surface area (Å²) in [7, 11) is -3.01. The van der Waals surface area contributed by atoms with E-state index in [4.69, 9.17) is 9.47 Å². The van der Waals surface area contributed by atoms with Gasteiger partial charge in [0.2, 0.25) is 10.0 Å². The van der Waals surface area contributed by atoms with Gasteiger partial charge in [0.25, 0.3) is 5.69 Å². The second-order valence-electron chi connectivity index (χ2n) is 10.8. The van der Waals surface area contributed by atoms with Crippen molar-refractivity contribution in [3.05, 3.63) is 98.9 Å². The van der Waals surface area contributed by atoms with Gasteiger partial charge in [-0.3, -0.25) is 24.7 Å². The highest BCUT2D eigenvalue weighted by atomic mass is 32.2. The van der Waals surface area contributed by atoms with E-state index in [1.165, 1.54) is 42.5 Å². The summed E-state index contributed by atoms with van der Waals surface area (Å²) >= 11 is 0. The Kier molecular flexibility index (Phi) is 8.94. The van der Waals surface area contributed by atoms with Gasteiger partial charge < -0.3 is 9.47 Å².